The monoisotopic (exact) mass is 269 g/mol. The van der Waals surface area contributed by atoms with Crippen LogP contribution in [0.1, 0.15) is 19.8 Å². The number of ether oxygens (including phenoxy) is 1. The van der Waals surface area contributed by atoms with Gasteiger partial charge in [0.25, 0.3) is 0 Å². The Hall–Kier alpha value is -0.160. The molecule has 1 heterocycles. The maximum absolute atomic E-state index is 13.2. The molecule has 1 fully saturated rings. The third-order valence-electron chi connectivity index (χ3n) is 2.28. The highest BCUT2D eigenvalue weighted by Gasteiger charge is 2.26. The van der Waals surface area contributed by atoms with Crippen molar-refractivity contribution in [2.24, 2.45) is 5.92 Å². The molecule has 0 bridgehead atoms. The van der Waals surface area contributed by atoms with Crippen LogP contribution in [0.3, 0.4) is 0 Å². The van der Waals surface area contributed by atoms with Crippen LogP contribution in [0.2, 0.25) is 0 Å². The van der Waals surface area contributed by atoms with Crippen molar-refractivity contribution in [3.63, 3.8) is 0 Å². The number of esters is 1. The summed E-state index contributed by atoms with van der Waals surface area (Å²) < 4.78 is 17.9. The van der Waals surface area contributed by atoms with Gasteiger partial charge in [-0.15, -0.1) is 17.0 Å². The molecule has 0 aromatic rings. The fraction of sp³-hybridized carbons (Fsp3) is 0.889. The predicted molar refractivity (Wildman–Crippen MR) is 57.4 cm³/mol. The lowest BCUT2D eigenvalue weighted by Gasteiger charge is -2.25. The van der Waals surface area contributed by atoms with Crippen molar-refractivity contribution >= 4 is 23.0 Å². The summed E-state index contributed by atoms with van der Waals surface area (Å²) in [6, 6.07) is 0. The molecule has 84 valence electrons. The van der Waals surface area contributed by atoms with Gasteiger partial charge in [-0.05, 0) is 19.9 Å². The zero-order valence-electron chi connectivity index (χ0n) is 8.29. The van der Waals surface area contributed by atoms with E-state index in [-0.39, 0.29) is 35.3 Å². The Morgan fingerprint density at radius 2 is 2.36 bits per heavy atom. The molecule has 1 rings (SSSR count). The third kappa shape index (κ3) is 4.37. The first-order chi connectivity index (χ1) is 6.24. The van der Waals surface area contributed by atoms with E-state index in [1.54, 1.807) is 6.92 Å². The molecular formula is C9H17BrFNO2. The fourth-order valence-corrected chi connectivity index (χ4v) is 1.54. The zero-order chi connectivity index (χ0) is 9.68. The summed E-state index contributed by atoms with van der Waals surface area (Å²) in [4.78, 5) is 11.0. The summed E-state index contributed by atoms with van der Waals surface area (Å²) in [5.74, 6) is -0.433. The average molecular weight is 270 g/mol. The molecule has 14 heavy (non-hydrogen) atoms. The number of carbonyl (C=O) groups is 1. The van der Waals surface area contributed by atoms with E-state index in [1.807, 2.05) is 0 Å². The van der Waals surface area contributed by atoms with Crippen molar-refractivity contribution in [2.75, 3.05) is 19.7 Å². The zero-order valence-corrected chi connectivity index (χ0v) is 10.0. The molecular weight excluding hydrogens is 253 g/mol. The molecule has 0 spiro atoms. The molecule has 0 amide bonds. The topological polar surface area (TPSA) is 38.3 Å². The van der Waals surface area contributed by atoms with E-state index in [1.165, 1.54) is 0 Å². The van der Waals surface area contributed by atoms with Gasteiger partial charge in [0.15, 0.2) is 0 Å². The number of piperidine rings is 1. The van der Waals surface area contributed by atoms with E-state index in [0.29, 0.717) is 13.2 Å². The molecule has 0 saturated carbocycles. The Bertz CT molecular complexity index is 180. The van der Waals surface area contributed by atoms with Crippen molar-refractivity contribution < 1.29 is 13.9 Å². The van der Waals surface area contributed by atoms with E-state index in [2.05, 4.69) is 5.32 Å². The van der Waals surface area contributed by atoms with Crippen molar-refractivity contribution in [1.29, 1.82) is 0 Å². The Morgan fingerprint density at radius 3 is 2.93 bits per heavy atom. The Balaban J connectivity index is 0.00000169. The maximum Gasteiger partial charge on any atom is 0.306 e. The molecule has 1 aliphatic heterocycles. The Kier molecular flexibility index (Phi) is 7.09. The highest BCUT2D eigenvalue weighted by atomic mass is 79.9. The van der Waals surface area contributed by atoms with Gasteiger partial charge in [0.05, 0.1) is 13.0 Å². The van der Waals surface area contributed by atoms with E-state index in [0.717, 1.165) is 13.0 Å². The first-order valence-corrected chi connectivity index (χ1v) is 4.74. The molecule has 0 radical (unpaired) electrons. The number of alkyl halides is 1. The first-order valence-electron chi connectivity index (χ1n) is 4.74. The molecule has 5 heteroatoms. The van der Waals surface area contributed by atoms with Crippen LogP contribution in [0.25, 0.3) is 0 Å². The normalized spacial score (nSPS) is 26.4. The van der Waals surface area contributed by atoms with Gasteiger partial charge >= 0.3 is 5.97 Å². The number of hydrogen-bond donors (Lipinski definition) is 1. The van der Waals surface area contributed by atoms with Crippen molar-refractivity contribution in [3.8, 4) is 0 Å². The molecule has 1 saturated heterocycles. The standard InChI is InChI=1S/C9H16FNO2.BrH/c1-2-13-9(12)5-7-3-4-11-6-8(7)10;/h7-8,11H,2-6H2,1H3;1H. The van der Waals surface area contributed by atoms with Crippen LogP contribution in [-0.2, 0) is 9.53 Å². The number of carbonyl (C=O) groups excluding carboxylic acids is 1. The smallest absolute Gasteiger partial charge is 0.306 e. The number of hydrogen-bond acceptors (Lipinski definition) is 3. The van der Waals surface area contributed by atoms with E-state index < -0.39 is 6.17 Å². The Labute approximate surface area is 94.2 Å². The number of halogens is 2. The molecule has 1 N–H and O–H groups in total. The molecule has 2 unspecified atom stereocenters. The number of nitrogens with one attached hydrogen (secondary N) is 1. The van der Waals surface area contributed by atoms with Gasteiger partial charge in [0.2, 0.25) is 0 Å². The van der Waals surface area contributed by atoms with Crippen LogP contribution in [0.5, 0.6) is 0 Å². The Morgan fingerprint density at radius 1 is 1.64 bits per heavy atom. The summed E-state index contributed by atoms with van der Waals surface area (Å²) in [5.41, 5.74) is 0. The molecule has 0 aromatic carbocycles. The minimum Gasteiger partial charge on any atom is -0.466 e. The second kappa shape index (κ2) is 7.17. The van der Waals surface area contributed by atoms with Crippen LogP contribution in [0.4, 0.5) is 4.39 Å². The SMILES string of the molecule is Br.CCOC(=O)CC1CCNCC1F. The highest BCUT2D eigenvalue weighted by Crippen LogP contribution is 2.19. The van der Waals surface area contributed by atoms with E-state index in [4.69, 9.17) is 4.74 Å². The fourth-order valence-electron chi connectivity index (χ4n) is 1.54. The molecule has 0 aliphatic carbocycles. The van der Waals surface area contributed by atoms with Crippen molar-refractivity contribution in [2.45, 2.75) is 25.9 Å². The van der Waals surface area contributed by atoms with Gasteiger partial charge in [-0.25, -0.2) is 4.39 Å². The average Bonchev–Trinajstić information content (AvgIpc) is 2.09. The van der Waals surface area contributed by atoms with E-state index in [9.17, 15) is 9.18 Å². The lowest BCUT2D eigenvalue weighted by atomic mass is 9.93. The summed E-state index contributed by atoms with van der Waals surface area (Å²) in [7, 11) is 0. The van der Waals surface area contributed by atoms with Gasteiger partial charge in [0.1, 0.15) is 6.17 Å². The van der Waals surface area contributed by atoms with Crippen LogP contribution in [0.15, 0.2) is 0 Å². The minimum absolute atomic E-state index is 0. The highest BCUT2D eigenvalue weighted by molar-refractivity contribution is 8.93. The lowest BCUT2D eigenvalue weighted by Crippen LogP contribution is -2.39. The lowest BCUT2D eigenvalue weighted by molar-refractivity contribution is -0.145. The summed E-state index contributed by atoms with van der Waals surface area (Å²) in [5, 5.41) is 2.94. The van der Waals surface area contributed by atoms with E-state index >= 15 is 0 Å². The molecule has 1 aliphatic rings. The maximum atomic E-state index is 13.2. The summed E-state index contributed by atoms with van der Waals surface area (Å²) >= 11 is 0. The largest absolute Gasteiger partial charge is 0.466 e. The quantitative estimate of drug-likeness (QED) is 0.789. The minimum atomic E-state index is -0.904. The first kappa shape index (κ1) is 13.8. The second-order valence-corrected chi connectivity index (χ2v) is 3.28. The van der Waals surface area contributed by atoms with Gasteiger partial charge in [-0.2, -0.15) is 0 Å². The summed E-state index contributed by atoms with van der Waals surface area (Å²) in [6.07, 6.45) is 0.0367. The molecule has 0 aromatic heterocycles. The van der Waals surface area contributed by atoms with Crippen molar-refractivity contribution in [1.82, 2.24) is 5.32 Å². The van der Waals surface area contributed by atoms with Gasteiger partial charge in [0, 0.05) is 12.5 Å². The summed E-state index contributed by atoms with van der Waals surface area (Å²) in [6.45, 7) is 3.29. The number of rotatable bonds is 3. The van der Waals surface area contributed by atoms with Gasteiger partial charge < -0.3 is 10.1 Å². The van der Waals surface area contributed by atoms with Crippen LogP contribution in [-0.4, -0.2) is 31.8 Å². The third-order valence-corrected chi connectivity index (χ3v) is 2.28. The molecule has 3 nitrogen and oxygen atoms in total. The van der Waals surface area contributed by atoms with Crippen molar-refractivity contribution in [3.05, 3.63) is 0 Å². The second-order valence-electron chi connectivity index (χ2n) is 3.28. The van der Waals surface area contributed by atoms with Crippen LogP contribution < -0.4 is 5.32 Å². The predicted octanol–water partition coefficient (Wildman–Crippen LogP) is 1.47. The van der Waals surface area contributed by atoms with Gasteiger partial charge in [-0.1, -0.05) is 0 Å². The van der Waals surface area contributed by atoms with Gasteiger partial charge in [-0.3, -0.25) is 4.79 Å². The van der Waals surface area contributed by atoms with Crippen LogP contribution in [0, 0.1) is 5.92 Å². The van der Waals surface area contributed by atoms with Crippen LogP contribution >= 0.6 is 17.0 Å². The molecule has 2 atom stereocenters.